The van der Waals surface area contributed by atoms with Gasteiger partial charge in [-0.25, -0.2) is 9.97 Å². The average molecular weight is 303 g/mol. The maximum absolute atomic E-state index is 8.73. The smallest absolute Gasteiger partial charge is 0.135 e. The average Bonchev–Trinajstić information content (AvgIpc) is 2.39. The van der Waals surface area contributed by atoms with E-state index in [0.29, 0.717) is 5.56 Å². The molecule has 4 nitrogen and oxygen atoms in total. The molecule has 5 heteroatoms. The number of rotatable bonds is 3. The first-order chi connectivity index (χ1) is 8.71. The fourth-order valence-corrected chi connectivity index (χ4v) is 1.88. The van der Waals surface area contributed by atoms with Crippen molar-refractivity contribution in [1.82, 2.24) is 9.97 Å². The molecule has 0 aliphatic heterocycles. The molecule has 2 rings (SSSR count). The number of benzene rings is 1. The second-order valence-corrected chi connectivity index (χ2v) is 4.47. The Morgan fingerprint density at radius 3 is 2.61 bits per heavy atom. The second kappa shape index (κ2) is 5.61. The van der Waals surface area contributed by atoms with E-state index in [1.54, 1.807) is 12.1 Å². The van der Waals surface area contributed by atoms with Crippen molar-refractivity contribution in [2.75, 3.05) is 5.32 Å². The third kappa shape index (κ3) is 3.05. The number of anilines is 2. The zero-order valence-corrected chi connectivity index (χ0v) is 11.4. The van der Waals surface area contributed by atoms with Gasteiger partial charge >= 0.3 is 0 Å². The zero-order chi connectivity index (χ0) is 13.0. The summed E-state index contributed by atoms with van der Waals surface area (Å²) in [5.74, 6) is 1.51. The molecule has 0 spiro atoms. The Labute approximate surface area is 114 Å². The summed E-state index contributed by atoms with van der Waals surface area (Å²) >= 11 is 3.36. The van der Waals surface area contributed by atoms with Crippen LogP contribution < -0.4 is 5.32 Å². The molecule has 2 aromatic rings. The van der Waals surface area contributed by atoms with Gasteiger partial charge in [0.05, 0.1) is 11.6 Å². The van der Waals surface area contributed by atoms with Crippen LogP contribution in [0.4, 0.5) is 11.5 Å². The lowest BCUT2D eigenvalue weighted by Crippen LogP contribution is -1.99. The maximum atomic E-state index is 8.73. The highest BCUT2D eigenvalue weighted by atomic mass is 79.9. The molecule has 90 valence electrons. The fraction of sp³-hybridized carbons (Fsp3) is 0.154. The van der Waals surface area contributed by atoms with Crippen LogP contribution in [0.25, 0.3) is 0 Å². The van der Waals surface area contributed by atoms with Crippen molar-refractivity contribution in [2.24, 2.45) is 0 Å². The van der Waals surface area contributed by atoms with Crippen molar-refractivity contribution in [3.63, 3.8) is 0 Å². The summed E-state index contributed by atoms with van der Waals surface area (Å²) < 4.78 is 0.755. The molecule has 0 radical (unpaired) electrons. The number of hydrogen-bond donors (Lipinski definition) is 1. The van der Waals surface area contributed by atoms with Crippen LogP contribution in [0.1, 0.15) is 18.3 Å². The van der Waals surface area contributed by atoms with E-state index in [1.807, 2.05) is 25.1 Å². The fourth-order valence-electron chi connectivity index (χ4n) is 1.46. The Hall–Kier alpha value is -1.93. The predicted octanol–water partition coefficient (Wildman–Crippen LogP) is 3.42. The van der Waals surface area contributed by atoms with Crippen molar-refractivity contribution < 1.29 is 0 Å². The van der Waals surface area contributed by atoms with Gasteiger partial charge in [0.25, 0.3) is 0 Å². The molecule has 0 aliphatic rings. The van der Waals surface area contributed by atoms with E-state index in [9.17, 15) is 0 Å². The van der Waals surface area contributed by atoms with Gasteiger partial charge in [0, 0.05) is 18.2 Å². The van der Waals surface area contributed by atoms with Gasteiger partial charge in [-0.2, -0.15) is 5.26 Å². The Morgan fingerprint density at radius 1 is 1.28 bits per heavy atom. The standard InChI is InChI=1S/C13H11BrN4/c1-2-12-17-11(14)7-13(18-12)16-10-5-3-9(8-15)4-6-10/h3-7H,2H2,1H3,(H,16,17,18). The van der Waals surface area contributed by atoms with Crippen LogP contribution in [-0.2, 0) is 6.42 Å². The number of nitrogens with one attached hydrogen (secondary N) is 1. The van der Waals surface area contributed by atoms with E-state index >= 15 is 0 Å². The second-order valence-electron chi connectivity index (χ2n) is 3.66. The van der Waals surface area contributed by atoms with Gasteiger partial charge < -0.3 is 5.32 Å². The number of nitriles is 1. The molecule has 1 heterocycles. The molecule has 0 saturated heterocycles. The van der Waals surface area contributed by atoms with Crippen LogP contribution in [0, 0.1) is 11.3 Å². The van der Waals surface area contributed by atoms with Crippen molar-refractivity contribution >= 4 is 27.4 Å². The van der Waals surface area contributed by atoms with E-state index < -0.39 is 0 Å². The van der Waals surface area contributed by atoms with E-state index in [2.05, 4.69) is 37.3 Å². The van der Waals surface area contributed by atoms with Crippen LogP contribution in [0.15, 0.2) is 34.9 Å². The highest BCUT2D eigenvalue weighted by Crippen LogP contribution is 2.18. The molecule has 0 fully saturated rings. The summed E-state index contributed by atoms with van der Waals surface area (Å²) in [6.07, 6.45) is 0.779. The maximum Gasteiger partial charge on any atom is 0.135 e. The number of hydrogen-bond acceptors (Lipinski definition) is 4. The van der Waals surface area contributed by atoms with Gasteiger partial charge in [-0.3, -0.25) is 0 Å². The van der Waals surface area contributed by atoms with Crippen LogP contribution >= 0.6 is 15.9 Å². The van der Waals surface area contributed by atoms with Crippen molar-refractivity contribution in [3.05, 3.63) is 46.3 Å². The van der Waals surface area contributed by atoms with Crippen molar-refractivity contribution in [3.8, 4) is 6.07 Å². The zero-order valence-electron chi connectivity index (χ0n) is 9.81. The van der Waals surface area contributed by atoms with Crippen LogP contribution in [0.5, 0.6) is 0 Å². The van der Waals surface area contributed by atoms with E-state index in [0.717, 1.165) is 28.4 Å². The third-order valence-electron chi connectivity index (χ3n) is 2.34. The number of aromatic nitrogens is 2. The molecule has 1 aromatic carbocycles. The molecule has 0 amide bonds. The van der Waals surface area contributed by atoms with Gasteiger partial charge in [-0.15, -0.1) is 0 Å². The normalized spacial score (nSPS) is 9.83. The quantitative estimate of drug-likeness (QED) is 0.883. The Morgan fingerprint density at radius 2 is 2.00 bits per heavy atom. The first-order valence-electron chi connectivity index (χ1n) is 5.52. The molecular weight excluding hydrogens is 292 g/mol. The van der Waals surface area contributed by atoms with E-state index in [4.69, 9.17) is 5.26 Å². The first kappa shape index (κ1) is 12.5. The lowest BCUT2D eigenvalue weighted by molar-refractivity contribution is 0.931. The van der Waals surface area contributed by atoms with Gasteiger partial charge in [-0.1, -0.05) is 6.92 Å². The third-order valence-corrected chi connectivity index (χ3v) is 2.75. The SMILES string of the molecule is CCc1nc(Br)cc(Nc2ccc(C#N)cc2)n1. The van der Waals surface area contributed by atoms with Crippen molar-refractivity contribution in [1.29, 1.82) is 5.26 Å². The summed E-state index contributed by atoms with van der Waals surface area (Å²) in [4.78, 5) is 8.62. The monoisotopic (exact) mass is 302 g/mol. The van der Waals surface area contributed by atoms with Crippen molar-refractivity contribution in [2.45, 2.75) is 13.3 Å². The highest BCUT2D eigenvalue weighted by molar-refractivity contribution is 9.10. The lowest BCUT2D eigenvalue weighted by atomic mass is 10.2. The topological polar surface area (TPSA) is 61.6 Å². The minimum Gasteiger partial charge on any atom is -0.340 e. The minimum atomic E-state index is 0.638. The molecule has 0 saturated carbocycles. The van der Waals surface area contributed by atoms with Gasteiger partial charge in [0.2, 0.25) is 0 Å². The van der Waals surface area contributed by atoms with Crippen LogP contribution in [0.2, 0.25) is 0 Å². The molecule has 0 bridgehead atoms. The largest absolute Gasteiger partial charge is 0.340 e. The molecule has 0 unspecified atom stereocenters. The predicted molar refractivity (Wildman–Crippen MR) is 73.5 cm³/mol. The Bertz CT molecular complexity index is 587. The Kier molecular flexibility index (Phi) is 3.90. The molecule has 1 aromatic heterocycles. The first-order valence-corrected chi connectivity index (χ1v) is 6.31. The van der Waals surface area contributed by atoms with Gasteiger partial charge in [0.1, 0.15) is 16.2 Å². The molecule has 0 aliphatic carbocycles. The summed E-state index contributed by atoms with van der Waals surface area (Å²) in [5, 5.41) is 11.9. The minimum absolute atomic E-state index is 0.638. The lowest BCUT2D eigenvalue weighted by Gasteiger charge is -2.07. The summed E-state index contributed by atoms with van der Waals surface area (Å²) in [6.45, 7) is 2.01. The van der Waals surface area contributed by atoms with Crippen LogP contribution in [-0.4, -0.2) is 9.97 Å². The number of aryl methyl sites for hydroxylation is 1. The number of nitrogens with zero attached hydrogens (tertiary/aromatic N) is 3. The van der Waals surface area contributed by atoms with Gasteiger partial charge in [-0.05, 0) is 40.2 Å². The molecule has 0 atom stereocenters. The molecule has 1 N–H and O–H groups in total. The summed E-state index contributed by atoms with van der Waals surface area (Å²) in [6, 6.07) is 11.1. The van der Waals surface area contributed by atoms with Gasteiger partial charge in [0.15, 0.2) is 0 Å². The summed E-state index contributed by atoms with van der Waals surface area (Å²) in [7, 11) is 0. The number of halogens is 1. The molecule has 18 heavy (non-hydrogen) atoms. The molecular formula is C13H11BrN4. The summed E-state index contributed by atoms with van der Waals surface area (Å²) in [5.41, 5.74) is 1.53. The van der Waals surface area contributed by atoms with Crippen LogP contribution in [0.3, 0.4) is 0 Å². The van der Waals surface area contributed by atoms with E-state index in [-0.39, 0.29) is 0 Å². The highest BCUT2D eigenvalue weighted by Gasteiger charge is 2.02. The van der Waals surface area contributed by atoms with E-state index in [1.165, 1.54) is 0 Å². The Balaban J connectivity index is 2.22.